The highest BCUT2D eigenvalue weighted by molar-refractivity contribution is 5.89. The number of esters is 2. The summed E-state index contributed by atoms with van der Waals surface area (Å²) in [6, 6.07) is -3.32. The molecular formula is C16H24N3O4+. The molecule has 0 aromatic heterocycles. The lowest BCUT2D eigenvalue weighted by atomic mass is 10.2. The molecule has 23 heavy (non-hydrogen) atoms. The topological polar surface area (TPSA) is 116 Å². The average molecular weight is 333 g/mol. The first-order valence-corrected chi connectivity index (χ1v) is 6.86. The number of benzene rings is 1. The second-order valence-electron chi connectivity index (χ2n) is 4.13. The Bertz CT molecular complexity index is 926. The molecule has 7 nitrogen and oxygen atoms in total. The highest BCUT2D eigenvalue weighted by atomic mass is 16.5. The van der Waals surface area contributed by atoms with Crippen molar-refractivity contribution >= 4 is 17.9 Å². The van der Waals surface area contributed by atoms with E-state index >= 15 is 0 Å². The summed E-state index contributed by atoms with van der Waals surface area (Å²) in [5.41, 5.74) is -0.747. The summed E-state index contributed by atoms with van der Waals surface area (Å²) in [6.45, 7) is 1.24. The maximum absolute atomic E-state index is 12.4. The minimum absolute atomic E-state index is 0.00735. The third-order valence-corrected chi connectivity index (χ3v) is 2.38. The zero-order valence-electron chi connectivity index (χ0n) is 23.5. The first-order valence-electron chi connectivity index (χ1n) is 12.1. The number of nitrogens with two attached hydrogens (primary N) is 2. The van der Waals surface area contributed by atoms with E-state index in [0.717, 1.165) is 0 Å². The van der Waals surface area contributed by atoms with Gasteiger partial charge in [0, 0.05) is 9.11 Å². The van der Waals surface area contributed by atoms with Crippen LogP contribution in [-0.4, -0.2) is 31.0 Å². The Morgan fingerprint density at radius 2 is 2.22 bits per heavy atom. The smallest absolute Gasteiger partial charge is 0.338 e. The minimum atomic E-state index is -2.61. The molecule has 0 heterocycles. The Morgan fingerprint density at radius 1 is 1.43 bits per heavy atom. The van der Waals surface area contributed by atoms with Crippen LogP contribution in [-0.2, 0) is 9.53 Å². The van der Waals surface area contributed by atoms with E-state index in [2.05, 4.69) is 0 Å². The minimum Gasteiger partial charge on any atom is -0.462 e. The summed E-state index contributed by atoms with van der Waals surface area (Å²) in [5, 5.41) is 0.415. The number of guanidine groups is 1. The molecule has 0 fully saturated rings. The fourth-order valence-electron chi connectivity index (χ4n) is 1.39. The molecule has 7 heteroatoms. The third-order valence-electron chi connectivity index (χ3n) is 2.38. The monoisotopic (exact) mass is 333 g/mol. The zero-order valence-corrected chi connectivity index (χ0v) is 12.5. The first-order chi connectivity index (χ1) is 15.7. The van der Waals surface area contributed by atoms with Crippen molar-refractivity contribution in [2.75, 3.05) is 13.2 Å². The van der Waals surface area contributed by atoms with Gasteiger partial charge in [-0.1, -0.05) is 0 Å². The van der Waals surface area contributed by atoms with Crippen LogP contribution in [0.1, 0.15) is 51.1 Å². The molecule has 0 saturated heterocycles. The number of ether oxygens (including phenoxy) is 2. The largest absolute Gasteiger partial charge is 0.462 e. The van der Waals surface area contributed by atoms with E-state index in [-0.39, 0.29) is 37.1 Å². The predicted molar refractivity (Wildman–Crippen MR) is 85.6 cm³/mol. The van der Waals surface area contributed by atoms with Crippen LogP contribution in [0.5, 0.6) is 5.75 Å². The van der Waals surface area contributed by atoms with Crippen LogP contribution in [0.3, 0.4) is 0 Å². The van der Waals surface area contributed by atoms with Gasteiger partial charge < -0.3 is 9.47 Å². The summed E-state index contributed by atoms with van der Waals surface area (Å²) in [7, 11) is 0. The molecule has 0 atom stereocenters. The van der Waals surface area contributed by atoms with Crippen molar-refractivity contribution in [3.63, 3.8) is 0 Å². The lowest BCUT2D eigenvalue weighted by Gasteiger charge is -2.06. The van der Waals surface area contributed by atoms with Crippen LogP contribution in [0.15, 0.2) is 24.2 Å². The van der Waals surface area contributed by atoms with Gasteiger partial charge in [0.2, 0.25) is 0 Å². The first kappa shape index (κ1) is 7.81. The zero-order chi connectivity index (χ0) is 26.4. The fraction of sp³-hybridized carbons (Fsp3) is 0.438. The average Bonchev–Trinajstić information content (AvgIpc) is 2.72. The molecule has 0 aliphatic rings. The van der Waals surface area contributed by atoms with Crippen molar-refractivity contribution in [2.24, 2.45) is 5.72 Å². The van der Waals surface area contributed by atoms with E-state index in [1.165, 1.54) is 6.92 Å². The SMILES string of the molecule is [2H]c1c([2H])c(C(=O)OCC)c([2H])c([2H])c1OC(=O)C([2H])([2H])CCCCN([2H])C(N([2H])[2H])=[N+]([2H])[2H]. The summed E-state index contributed by atoms with van der Waals surface area (Å²) in [4.78, 5) is 24.3. The molecule has 0 aliphatic heterocycles. The Labute approximate surface area is 151 Å². The molecule has 1 aromatic carbocycles. The van der Waals surface area contributed by atoms with E-state index in [1.54, 1.807) is 0 Å². The van der Waals surface area contributed by atoms with Crippen molar-refractivity contribution in [3.05, 3.63) is 29.7 Å². The lowest BCUT2D eigenvalue weighted by Crippen LogP contribution is -2.54. The standard InChI is InChI=1S/C16H23N3O4/c1-2-22-15(21)12-7-9-13(10-8-12)23-14(20)6-4-3-5-11-19-16(17)18/h7-10H,2-6,11H2,1H3,(H4,17,18,19)/p+1/i6D2,7D,8D,9D,10D/hD5. The number of hydrogen-bond acceptors (Lipinski definition) is 4. The van der Waals surface area contributed by atoms with E-state index in [9.17, 15) is 9.59 Å². The predicted octanol–water partition coefficient (Wildman–Crippen LogP) is -0.00750. The van der Waals surface area contributed by atoms with Crippen molar-refractivity contribution in [1.82, 2.24) is 5.31 Å². The van der Waals surface area contributed by atoms with Crippen molar-refractivity contribution in [1.29, 1.82) is 0 Å². The number of carbonyl (C=O) groups excluding carboxylic acids is 2. The number of unbranched alkanes of at least 4 members (excludes halogenated alkanes) is 1. The Hall–Kier alpha value is -2.57. The van der Waals surface area contributed by atoms with Gasteiger partial charge in [-0.3, -0.25) is 21.2 Å². The second-order valence-corrected chi connectivity index (χ2v) is 4.13. The van der Waals surface area contributed by atoms with Crippen LogP contribution in [0.25, 0.3) is 0 Å². The van der Waals surface area contributed by atoms with Gasteiger partial charge in [0.1, 0.15) is 5.75 Å². The Balaban J connectivity index is 2.91. The maximum atomic E-state index is 12.4. The van der Waals surface area contributed by atoms with E-state index in [4.69, 9.17) is 24.8 Å². The van der Waals surface area contributed by atoms with Gasteiger partial charge in [-0.05, 0) is 50.4 Å². The van der Waals surface area contributed by atoms with Crippen LogP contribution >= 0.6 is 0 Å². The molecule has 126 valence electrons. The van der Waals surface area contributed by atoms with Gasteiger partial charge in [0.15, 0.2) is 0 Å². The van der Waals surface area contributed by atoms with Gasteiger partial charge in [-0.15, -0.1) is 0 Å². The third kappa shape index (κ3) is 7.85. The van der Waals surface area contributed by atoms with Gasteiger partial charge in [0.05, 0.1) is 24.2 Å². The molecule has 0 amide bonds. The molecular weight excluding hydrogens is 298 g/mol. The Kier molecular flexibility index (Phi) is 3.46. The van der Waals surface area contributed by atoms with Crippen molar-refractivity contribution in [3.8, 4) is 5.75 Å². The normalized spacial score (nSPS) is 17.0. The number of hydrogen-bond donors (Lipinski definition) is 3. The molecule has 0 unspecified atom stereocenters. The van der Waals surface area contributed by atoms with Crippen molar-refractivity contribution in [2.45, 2.75) is 32.6 Å². The highest BCUT2D eigenvalue weighted by Gasteiger charge is 2.08. The van der Waals surface area contributed by atoms with Gasteiger partial charge >= 0.3 is 17.9 Å². The molecule has 0 radical (unpaired) electrons. The van der Waals surface area contributed by atoms with Crippen molar-refractivity contribution < 1.29 is 39.7 Å². The van der Waals surface area contributed by atoms with Gasteiger partial charge in [-0.25, -0.2) is 4.79 Å². The number of nitrogens with one attached hydrogen (secondary N) is 1. The summed E-state index contributed by atoms with van der Waals surface area (Å²) >= 11 is 0. The number of carbonyl (C=O) groups is 2. The summed E-state index contributed by atoms with van der Waals surface area (Å²) < 4.78 is 92.9. The van der Waals surface area contributed by atoms with E-state index < -0.39 is 66.2 Å². The van der Waals surface area contributed by atoms with E-state index in [0.29, 0.717) is 5.31 Å². The van der Waals surface area contributed by atoms with Gasteiger partial charge in [0.25, 0.3) is 7.06 Å². The Morgan fingerprint density at radius 3 is 2.87 bits per heavy atom. The van der Waals surface area contributed by atoms with Crippen LogP contribution in [0, 0.1) is 0 Å². The molecule has 0 bridgehead atoms. The number of rotatable bonds is 9. The molecule has 0 spiro atoms. The quantitative estimate of drug-likeness (QED) is 0.192. The summed E-state index contributed by atoms with van der Waals surface area (Å²) in [6.07, 6.45) is -2.95. The van der Waals surface area contributed by atoms with Gasteiger partial charge in [-0.2, -0.15) is 0 Å². The molecule has 0 aliphatic carbocycles. The molecule has 5 N–H and O–H groups in total. The van der Waals surface area contributed by atoms with Crippen LogP contribution in [0.2, 0.25) is 7.06 Å². The maximum Gasteiger partial charge on any atom is 0.338 e. The molecule has 0 saturated carbocycles. The molecule has 1 aromatic rings. The fourth-order valence-corrected chi connectivity index (χ4v) is 1.39. The van der Waals surface area contributed by atoms with E-state index in [1.807, 2.05) is 0 Å². The highest BCUT2D eigenvalue weighted by Crippen LogP contribution is 2.14. The second kappa shape index (κ2) is 10.2. The van der Waals surface area contributed by atoms with Crippen LogP contribution in [0.4, 0.5) is 0 Å². The lowest BCUT2D eigenvalue weighted by molar-refractivity contribution is -0.134. The van der Waals surface area contributed by atoms with Crippen LogP contribution < -0.4 is 21.2 Å². The molecule has 1 rings (SSSR count). The summed E-state index contributed by atoms with van der Waals surface area (Å²) in [5.74, 6) is -4.11.